The van der Waals surface area contributed by atoms with Gasteiger partial charge >= 0.3 is 0 Å². The third kappa shape index (κ3) is 6.05. The fourth-order valence-corrected chi connectivity index (χ4v) is 5.52. The fourth-order valence-electron chi connectivity index (χ4n) is 5.27. The molecule has 0 saturated carbocycles. The summed E-state index contributed by atoms with van der Waals surface area (Å²) in [4.78, 5) is 10.1. The Kier molecular flexibility index (Phi) is 7.77. The molecule has 0 aliphatic heterocycles. The van der Waals surface area contributed by atoms with Gasteiger partial charge in [-0.15, -0.1) is 0 Å². The summed E-state index contributed by atoms with van der Waals surface area (Å²) < 4.78 is 0. The maximum atomic E-state index is 6.10. The molecular weight excluding hydrogens is 579 g/mol. The first kappa shape index (κ1) is 27.8. The van der Waals surface area contributed by atoms with Crippen LogP contribution in [0, 0.1) is 0 Å². The minimum absolute atomic E-state index is 0.681. The summed E-state index contributed by atoms with van der Waals surface area (Å²) in [6.45, 7) is 0. The van der Waals surface area contributed by atoms with Crippen LogP contribution in [-0.4, -0.2) is 9.97 Å². The zero-order valence-electron chi connectivity index (χ0n) is 23.7. The average Bonchev–Trinajstić information content (AvgIpc) is 3.09. The van der Waals surface area contributed by atoms with Crippen LogP contribution in [0.5, 0.6) is 0 Å². The van der Waals surface area contributed by atoms with Gasteiger partial charge in [0.05, 0.1) is 11.4 Å². The van der Waals surface area contributed by atoms with E-state index < -0.39 is 0 Å². The number of nitrogens with zero attached hydrogens (tertiary/aromatic N) is 2. The molecule has 0 amide bonds. The third-order valence-corrected chi connectivity index (χ3v) is 8.20. The Bertz CT molecular complexity index is 1910. The third-order valence-electron chi connectivity index (χ3n) is 7.69. The van der Waals surface area contributed by atoms with Crippen LogP contribution in [0.25, 0.3) is 67.3 Å². The number of hydrogen-bond donors (Lipinski definition) is 0. The molecule has 4 heteroatoms. The summed E-state index contributed by atoms with van der Waals surface area (Å²) in [6, 6.07) is 53.6. The SMILES string of the molecule is Clc1ccc(-c2ccc(-c3cc(-c4ccc(-c5ccc(Cl)cc5)cc4)nc(-c4ccc(-c5ccccc5)cc4)n3)cc2)cc1. The Morgan fingerprint density at radius 2 is 0.591 bits per heavy atom. The molecule has 7 aromatic rings. The van der Waals surface area contributed by atoms with Crippen LogP contribution in [0.2, 0.25) is 10.0 Å². The van der Waals surface area contributed by atoms with E-state index in [1.165, 1.54) is 5.56 Å². The van der Waals surface area contributed by atoms with Crippen LogP contribution >= 0.6 is 23.2 Å². The van der Waals surface area contributed by atoms with E-state index in [0.29, 0.717) is 5.82 Å². The van der Waals surface area contributed by atoms with E-state index in [1.807, 2.05) is 54.6 Å². The zero-order valence-corrected chi connectivity index (χ0v) is 25.2. The molecule has 0 fully saturated rings. The summed E-state index contributed by atoms with van der Waals surface area (Å²) in [5.41, 5.74) is 11.5. The van der Waals surface area contributed by atoms with Crippen LogP contribution in [-0.2, 0) is 0 Å². The Hall–Kier alpha value is -5.02. The van der Waals surface area contributed by atoms with E-state index >= 15 is 0 Å². The van der Waals surface area contributed by atoms with Gasteiger partial charge in [0.2, 0.25) is 0 Å². The summed E-state index contributed by atoms with van der Waals surface area (Å²) in [6.07, 6.45) is 0. The maximum absolute atomic E-state index is 6.10. The van der Waals surface area contributed by atoms with Crippen LogP contribution in [0.15, 0.2) is 158 Å². The van der Waals surface area contributed by atoms with Crippen LogP contribution < -0.4 is 0 Å². The first-order chi connectivity index (χ1) is 21.6. The number of halogens is 2. The van der Waals surface area contributed by atoms with E-state index in [9.17, 15) is 0 Å². The van der Waals surface area contributed by atoms with E-state index in [2.05, 4.69) is 103 Å². The number of rotatable bonds is 6. The Balaban J connectivity index is 1.27. The van der Waals surface area contributed by atoms with Crippen molar-refractivity contribution in [2.75, 3.05) is 0 Å². The predicted octanol–water partition coefficient (Wildman–Crippen LogP) is 11.8. The standard InChI is InChI=1S/C40H26Cl2N2/c41-36-22-18-31(19-23-36)29-6-12-33(13-7-29)38-26-39(34-14-8-30(9-15-34)32-20-24-37(42)25-21-32)44-40(43-38)35-16-10-28(11-17-35)27-4-2-1-3-5-27/h1-26H. The molecule has 210 valence electrons. The van der Waals surface area contributed by atoms with Crippen molar-refractivity contribution < 1.29 is 0 Å². The number of benzene rings is 6. The largest absolute Gasteiger partial charge is 0.228 e. The molecule has 0 unspecified atom stereocenters. The van der Waals surface area contributed by atoms with Crippen LogP contribution in [0.4, 0.5) is 0 Å². The maximum Gasteiger partial charge on any atom is 0.160 e. The second-order valence-corrected chi connectivity index (χ2v) is 11.4. The Morgan fingerprint density at radius 3 is 0.977 bits per heavy atom. The molecule has 0 aliphatic rings. The summed E-state index contributed by atoms with van der Waals surface area (Å²) in [5.74, 6) is 0.681. The summed E-state index contributed by atoms with van der Waals surface area (Å²) >= 11 is 12.2. The monoisotopic (exact) mass is 604 g/mol. The normalized spacial score (nSPS) is 11.0. The Morgan fingerprint density at radius 1 is 0.295 bits per heavy atom. The van der Waals surface area contributed by atoms with E-state index in [0.717, 1.165) is 65.9 Å². The molecule has 1 heterocycles. The van der Waals surface area contributed by atoms with Crippen molar-refractivity contribution in [1.82, 2.24) is 9.97 Å². The van der Waals surface area contributed by atoms with Gasteiger partial charge in [-0.05, 0) is 63.7 Å². The van der Waals surface area contributed by atoms with Gasteiger partial charge in [-0.2, -0.15) is 0 Å². The fraction of sp³-hybridized carbons (Fsp3) is 0. The van der Waals surface area contributed by atoms with Gasteiger partial charge in [-0.1, -0.05) is 151 Å². The van der Waals surface area contributed by atoms with Crippen LogP contribution in [0.3, 0.4) is 0 Å². The number of hydrogen-bond acceptors (Lipinski definition) is 2. The first-order valence-corrected chi connectivity index (χ1v) is 15.1. The molecule has 6 aromatic carbocycles. The second-order valence-electron chi connectivity index (χ2n) is 10.6. The predicted molar refractivity (Wildman–Crippen MR) is 185 cm³/mol. The molecule has 0 aliphatic carbocycles. The van der Waals surface area contributed by atoms with Crippen molar-refractivity contribution in [2.45, 2.75) is 0 Å². The van der Waals surface area contributed by atoms with Crippen molar-refractivity contribution in [3.05, 3.63) is 168 Å². The van der Waals surface area contributed by atoms with Crippen molar-refractivity contribution in [1.29, 1.82) is 0 Å². The molecule has 0 atom stereocenters. The quantitative estimate of drug-likeness (QED) is 0.188. The lowest BCUT2D eigenvalue weighted by molar-refractivity contribution is 1.18. The van der Waals surface area contributed by atoms with Gasteiger partial charge in [-0.3, -0.25) is 0 Å². The summed E-state index contributed by atoms with van der Waals surface area (Å²) in [5, 5.41) is 1.45. The highest BCUT2D eigenvalue weighted by atomic mass is 35.5. The van der Waals surface area contributed by atoms with Gasteiger partial charge in [0.15, 0.2) is 5.82 Å². The van der Waals surface area contributed by atoms with Crippen LogP contribution in [0.1, 0.15) is 0 Å². The van der Waals surface area contributed by atoms with Crippen molar-refractivity contribution in [3.63, 3.8) is 0 Å². The van der Waals surface area contributed by atoms with Crippen molar-refractivity contribution in [3.8, 4) is 67.3 Å². The van der Waals surface area contributed by atoms with Gasteiger partial charge in [0, 0.05) is 26.7 Å². The topological polar surface area (TPSA) is 25.8 Å². The van der Waals surface area contributed by atoms with Crippen molar-refractivity contribution >= 4 is 23.2 Å². The lowest BCUT2D eigenvalue weighted by Crippen LogP contribution is -1.96. The van der Waals surface area contributed by atoms with E-state index in [-0.39, 0.29) is 0 Å². The molecule has 0 bridgehead atoms. The second kappa shape index (κ2) is 12.3. The Labute approximate surface area is 267 Å². The molecular formula is C40H26Cl2N2. The zero-order chi connectivity index (χ0) is 29.9. The average molecular weight is 606 g/mol. The molecule has 7 rings (SSSR count). The first-order valence-electron chi connectivity index (χ1n) is 14.4. The molecule has 0 saturated heterocycles. The minimum atomic E-state index is 0.681. The highest BCUT2D eigenvalue weighted by Crippen LogP contribution is 2.32. The highest BCUT2D eigenvalue weighted by molar-refractivity contribution is 6.30. The van der Waals surface area contributed by atoms with E-state index in [4.69, 9.17) is 33.2 Å². The lowest BCUT2D eigenvalue weighted by Gasteiger charge is -2.11. The highest BCUT2D eigenvalue weighted by Gasteiger charge is 2.12. The molecule has 0 spiro atoms. The lowest BCUT2D eigenvalue weighted by atomic mass is 10.00. The minimum Gasteiger partial charge on any atom is -0.228 e. The molecule has 44 heavy (non-hydrogen) atoms. The van der Waals surface area contributed by atoms with Gasteiger partial charge in [-0.25, -0.2) is 9.97 Å². The number of aromatic nitrogens is 2. The van der Waals surface area contributed by atoms with E-state index in [1.54, 1.807) is 0 Å². The molecule has 1 aromatic heterocycles. The van der Waals surface area contributed by atoms with Crippen molar-refractivity contribution in [2.24, 2.45) is 0 Å². The molecule has 0 N–H and O–H groups in total. The smallest absolute Gasteiger partial charge is 0.160 e. The molecule has 0 radical (unpaired) electrons. The molecule has 2 nitrogen and oxygen atoms in total. The van der Waals surface area contributed by atoms with Gasteiger partial charge in [0.1, 0.15) is 0 Å². The summed E-state index contributed by atoms with van der Waals surface area (Å²) in [7, 11) is 0. The van der Waals surface area contributed by atoms with Gasteiger partial charge in [0.25, 0.3) is 0 Å². The van der Waals surface area contributed by atoms with Gasteiger partial charge < -0.3 is 0 Å².